The topological polar surface area (TPSA) is 82.3 Å². The highest BCUT2D eigenvalue weighted by Gasteiger charge is 2.29. The molecule has 3 N–H and O–H groups in total. The molecule has 8 heteroatoms. The van der Waals surface area contributed by atoms with Crippen molar-refractivity contribution in [2.24, 2.45) is 0 Å². The second kappa shape index (κ2) is 9.68. The van der Waals surface area contributed by atoms with Gasteiger partial charge in [0.1, 0.15) is 0 Å². The Bertz CT molecular complexity index is 1210. The van der Waals surface area contributed by atoms with Crippen molar-refractivity contribution in [1.82, 2.24) is 20.2 Å². The van der Waals surface area contributed by atoms with Crippen molar-refractivity contribution in [3.8, 4) is 17.0 Å². The van der Waals surface area contributed by atoms with E-state index in [1.54, 1.807) is 13.2 Å². The SMILES string of the molecule is COc1c(Cl)cccc1Nc1c(-c2ccncc2CC[C@@H]2CCCN2C)[nH]c2c1C(=O)NCC2. The Balaban J connectivity index is 1.57. The number of carbonyl (C=O) groups excluding carboxylic acids is 1. The van der Waals surface area contributed by atoms with Crippen LogP contribution in [-0.2, 0) is 12.8 Å². The van der Waals surface area contributed by atoms with Crippen LogP contribution in [0.5, 0.6) is 5.75 Å². The molecule has 178 valence electrons. The molecule has 0 unspecified atom stereocenters. The summed E-state index contributed by atoms with van der Waals surface area (Å²) in [5.74, 6) is 0.455. The number of aryl methyl sites for hydroxylation is 1. The lowest BCUT2D eigenvalue weighted by atomic mass is 9.98. The van der Waals surface area contributed by atoms with Crippen LogP contribution in [0, 0.1) is 0 Å². The smallest absolute Gasteiger partial charge is 0.255 e. The summed E-state index contributed by atoms with van der Waals surface area (Å²) >= 11 is 6.37. The minimum absolute atomic E-state index is 0.0876. The van der Waals surface area contributed by atoms with Crippen LogP contribution in [0.3, 0.4) is 0 Å². The number of carbonyl (C=O) groups is 1. The summed E-state index contributed by atoms with van der Waals surface area (Å²) in [7, 11) is 3.80. The lowest BCUT2D eigenvalue weighted by Gasteiger charge is -2.20. The van der Waals surface area contributed by atoms with Gasteiger partial charge in [0, 0.05) is 42.7 Å². The number of nitrogens with one attached hydrogen (secondary N) is 3. The fourth-order valence-electron chi connectivity index (χ4n) is 5.19. The molecule has 2 aromatic heterocycles. The van der Waals surface area contributed by atoms with Crippen LogP contribution in [0.2, 0.25) is 5.02 Å². The van der Waals surface area contributed by atoms with Crippen LogP contribution >= 0.6 is 11.6 Å². The minimum Gasteiger partial charge on any atom is -0.493 e. The highest BCUT2D eigenvalue weighted by molar-refractivity contribution is 6.32. The number of hydrogen-bond acceptors (Lipinski definition) is 5. The van der Waals surface area contributed by atoms with Crippen molar-refractivity contribution in [3.63, 3.8) is 0 Å². The molecule has 0 radical (unpaired) electrons. The predicted octanol–water partition coefficient (Wildman–Crippen LogP) is 4.80. The molecule has 2 aliphatic heterocycles. The van der Waals surface area contributed by atoms with Gasteiger partial charge < -0.3 is 25.3 Å². The molecule has 5 rings (SSSR count). The molecule has 2 aliphatic rings. The zero-order valence-corrected chi connectivity index (χ0v) is 20.3. The fourth-order valence-corrected chi connectivity index (χ4v) is 5.44. The van der Waals surface area contributed by atoms with E-state index in [1.807, 2.05) is 30.6 Å². The normalized spacial score (nSPS) is 18.0. The van der Waals surface area contributed by atoms with E-state index in [0.717, 1.165) is 41.9 Å². The zero-order valence-electron chi connectivity index (χ0n) is 19.6. The average molecular weight is 480 g/mol. The first-order chi connectivity index (χ1) is 16.6. The van der Waals surface area contributed by atoms with Gasteiger partial charge in [-0.1, -0.05) is 17.7 Å². The Labute approximate surface area is 204 Å². The molecule has 1 atom stereocenters. The summed E-state index contributed by atoms with van der Waals surface area (Å²) < 4.78 is 5.55. The number of likely N-dealkylation sites (tertiary alicyclic amines) is 1. The lowest BCUT2D eigenvalue weighted by Crippen LogP contribution is -2.31. The first-order valence-electron chi connectivity index (χ1n) is 11.8. The molecular formula is C26H30ClN5O2. The molecule has 0 spiro atoms. The second-order valence-electron chi connectivity index (χ2n) is 9.03. The van der Waals surface area contributed by atoms with E-state index in [0.29, 0.717) is 34.6 Å². The number of halogens is 1. The van der Waals surface area contributed by atoms with Crippen LogP contribution < -0.4 is 15.4 Å². The van der Waals surface area contributed by atoms with Crippen LogP contribution in [0.1, 0.15) is 40.9 Å². The van der Waals surface area contributed by atoms with Gasteiger partial charge in [-0.15, -0.1) is 0 Å². The van der Waals surface area contributed by atoms with Crippen LogP contribution in [-0.4, -0.2) is 54.1 Å². The highest BCUT2D eigenvalue weighted by Crippen LogP contribution is 2.41. The Kier molecular flexibility index (Phi) is 6.48. The van der Waals surface area contributed by atoms with Crippen molar-refractivity contribution < 1.29 is 9.53 Å². The van der Waals surface area contributed by atoms with E-state index >= 15 is 0 Å². The highest BCUT2D eigenvalue weighted by atomic mass is 35.5. The molecule has 0 aliphatic carbocycles. The summed E-state index contributed by atoms with van der Waals surface area (Å²) in [5, 5.41) is 6.96. The number of amides is 1. The number of aromatic amines is 1. The van der Waals surface area contributed by atoms with Crippen molar-refractivity contribution in [1.29, 1.82) is 0 Å². The van der Waals surface area contributed by atoms with Crippen molar-refractivity contribution >= 4 is 28.9 Å². The fraction of sp³-hybridized carbons (Fsp3) is 0.385. The van der Waals surface area contributed by atoms with E-state index < -0.39 is 0 Å². The summed E-state index contributed by atoms with van der Waals surface area (Å²) in [6, 6.07) is 8.18. The van der Waals surface area contributed by atoms with E-state index in [1.165, 1.54) is 24.9 Å². The average Bonchev–Trinajstić information content (AvgIpc) is 3.42. The summed E-state index contributed by atoms with van der Waals surface area (Å²) in [6.45, 7) is 1.78. The largest absolute Gasteiger partial charge is 0.493 e. The number of aromatic nitrogens is 2. The molecule has 0 bridgehead atoms. The maximum Gasteiger partial charge on any atom is 0.255 e. The third kappa shape index (κ3) is 4.26. The van der Waals surface area contributed by atoms with Gasteiger partial charge in [0.2, 0.25) is 0 Å². The molecule has 4 heterocycles. The Hall–Kier alpha value is -3.03. The Morgan fingerprint density at radius 3 is 3.00 bits per heavy atom. The molecule has 1 amide bonds. The van der Waals surface area contributed by atoms with Crippen LogP contribution in [0.25, 0.3) is 11.3 Å². The number of H-pyrrole nitrogens is 1. The third-order valence-corrected chi connectivity index (χ3v) is 7.29. The number of anilines is 2. The number of rotatable bonds is 7. The second-order valence-corrected chi connectivity index (χ2v) is 9.44. The van der Waals surface area contributed by atoms with E-state index in [-0.39, 0.29) is 5.91 Å². The standard InChI is InChI=1S/C26H30ClN5O2/c1-32-14-4-5-17(32)9-8-16-15-28-12-10-18(16)23-24(22-20(30-23)11-13-29-26(22)33)31-21-7-3-6-19(27)25(21)34-2/h3,6-7,10,12,15,17,30-31H,4-5,8-9,11,13-14H2,1-2H3,(H,29,33)/t17-/m0/s1. The Morgan fingerprint density at radius 2 is 2.21 bits per heavy atom. The Morgan fingerprint density at radius 1 is 1.32 bits per heavy atom. The number of para-hydroxylation sites is 1. The van der Waals surface area contributed by atoms with Gasteiger partial charge in [0.05, 0.1) is 34.8 Å². The first kappa shape index (κ1) is 22.7. The van der Waals surface area contributed by atoms with Crippen molar-refractivity contribution in [3.05, 3.63) is 58.5 Å². The van der Waals surface area contributed by atoms with Crippen LogP contribution in [0.15, 0.2) is 36.7 Å². The zero-order chi connectivity index (χ0) is 23.7. The van der Waals surface area contributed by atoms with E-state index in [2.05, 4.69) is 32.5 Å². The van der Waals surface area contributed by atoms with Gasteiger partial charge in [-0.3, -0.25) is 9.78 Å². The number of pyridine rings is 1. The number of nitrogens with zero attached hydrogens (tertiary/aromatic N) is 2. The molecule has 3 aromatic rings. The van der Waals surface area contributed by atoms with Crippen molar-refractivity contribution in [2.75, 3.05) is 32.6 Å². The number of methoxy groups -OCH3 is 1. The molecule has 0 saturated carbocycles. The molecule has 34 heavy (non-hydrogen) atoms. The third-order valence-electron chi connectivity index (χ3n) is 6.99. The van der Waals surface area contributed by atoms with Crippen LogP contribution in [0.4, 0.5) is 11.4 Å². The number of ether oxygens (including phenoxy) is 1. The maximum atomic E-state index is 12.9. The van der Waals surface area contributed by atoms with E-state index in [4.69, 9.17) is 16.3 Å². The number of fused-ring (bicyclic) bond motifs is 1. The van der Waals surface area contributed by atoms with E-state index in [9.17, 15) is 4.79 Å². The predicted molar refractivity (Wildman–Crippen MR) is 135 cm³/mol. The maximum absolute atomic E-state index is 12.9. The lowest BCUT2D eigenvalue weighted by molar-refractivity contribution is 0.0947. The van der Waals surface area contributed by atoms with Gasteiger partial charge in [-0.25, -0.2) is 0 Å². The molecular weight excluding hydrogens is 450 g/mol. The van der Waals surface area contributed by atoms with Gasteiger partial charge in [0.15, 0.2) is 5.75 Å². The van der Waals surface area contributed by atoms with Gasteiger partial charge >= 0.3 is 0 Å². The summed E-state index contributed by atoms with van der Waals surface area (Å²) in [5.41, 5.74) is 6.13. The summed E-state index contributed by atoms with van der Waals surface area (Å²) in [6.07, 6.45) is 9.02. The molecule has 1 fully saturated rings. The monoisotopic (exact) mass is 479 g/mol. The quantitative estimate of drug-likeness (QED) is 0.453. The number of hydrogen-bond donors (Lipinski definition) is 3. The summed E-state index contributed by atoms with van der Waals surface area (Å²) in [4.78, 5) is 23.4. The first-order valence-corrected chi connectivity index (χ1v) is 12.2. The molecule has 1 aromatic carbocycles. The van der Waals surface area contributed by atoms with Crippen molar-refractivity contribution in [2.45, 2.75) is 38.1 Å². The number of benzene rings is 1. The molecule has 1 saturated heterocycles. The minimum atomic E-state index is -0.0876. The van der Waals surface area contributed by atoms with Gasteiger partial charge in [-0.2, -0.15) is 0 Å². The molecule has 7 nitrogen and oxygen atoms in total. The van der Waals surface area contributed by atoms with Gasteiger partial charge in [0.25, 0.3) is 5.91 Å². The van der Waals surface area contributed by atoms with Gasteiger partial charge in [-0.05, 0) is 63.0 Å².